The Balaban J connectivity index is 2.01. The van der Waals surface area contributed by atoms with E-state index in [1.807, 2.05) is 5.32 Å². The van der Waals surface area contributed by atoms with Crippen molar-refractivity contribution in [2.75, 3.05) is 5.32 Å². The van der Waals surface area contributed by atoms with Crippen LogP contribution in [0, 0.1) is 5.82 Å². The van der Waals surface area contributed by atoms with E-state index < -0.39 is 57.7 Å². The summed E-state index contributed by atoms with van der Waals surface area (Å²) >= 11 is 0. The number of benzene rings is 1. The molecule has 2 amide bonds. The maximum Gasteiger partial charge on any atom is 0.425 e. The number of alkyl halides is 3. The van der Waals surface area contributed by atoms with E-state index >= 15 is 0 Å². The van der Waals surface area contributed by atoms with E-state index in [1.54, 1.807) is 10.3 Å². The summed E-state index contributed by atoms with van der Waals surface area (Å²) < 4.78 is 57.6. The van der Waals surface area contributed by atoms with Crippen LogP contribution >= 0.6 is 0 Å². The first kappa shape index (κ1) is 21.0. The third-order valence-electron chi connectivity index (χ3n) is 4.82. The third-order valence-corrected chi connectivity index (χ3v) is 4.82. The van der Waals surface area contributed by atoms with E-state index in [-0.39, 0.29) is 5.56 Å². The van der Waals surface area contributed by atoms with Gasteiger partial charge in [-0.3, -0.25) is 24.4 Å². The molecule has 0 saturated carbocycles. The van der Waals surface area contributed by atoms with Gasteiger partial charge < -0.3 is 10.6 Å². The van der Waals surface area contributed by atoms with E-state index in [0.717, 1.165) is 36.7 Å². The summed E-state index contributed by atoms with van der Waals surface area (Å²) in [6.45, 7) is 0. The summed E-state index contributed by atoms with van der Waals surface area (Å²) in [5.74, 6) is -5.11. The lowest BCUT2D eigenvalue weighted by molar-refractivity contribution is -0.196. The number of carbonyl (C=O) groups excluding carboxylic acids is 2. The summed E-state index contributed by atoms with van der Waals surface area (Å²) in [7, 11) is 0. The molecule has 0 saturated heterocycles. The number of aromatic amines is 1. The molecule has 164 valence electrons. The van der Waals surface area contributed by atoms with Crippen LogP contribution in [-0.2, 0) is 10.3 Å². The average molecular weight is 449 g/mol. The van der Waals surface area contributed by atoms with Crippen molar-refractivity contribution in [2.24, 2.45) is 0 Å². The molecule has 1 atom stereocenters. The minimum absolute atomic E-state index is 0.274. The Bertz CT molecular complexity index is 1370. The van der Waals surface area contributed by atoms with Crippen LogP contribution in [0.3, 0.4) is 0 Å². The number of halogens is 4. The first-order valence-electron chi connectivity index (χ1n) is 8.83. The van der Waals surface area contributed by atoms with E-state index in [4.69, 9.17) is 0 Å². The number of amides is 2. The Hall–Kier alpha value is -4.29. The molecule has 0 radical (unpaired) electrons. The summed E-state index contributed by atoms with van der Waals surface area (Å²) in [6, 6.07) is 6.74. The van der Waals surface area contributed by atoms with Crippen LogP contribution in [0.2, 0.25) is 0 Å². The summed E-state index contributed by atoms with van der Waals surface area (Å²) in [4.78, 5) is 55.4. The number of hydrogen-bond donors (Lipinski definition) is 3. The Morgan fingerprint density at radius 1 is 1.06 bits per heavy atom. The Morgan fingerprint density at radius 2 is 1.72 bits per heavy atom. The monoisotopic (exact) mass is 449 g/mol. The maximum absolute atomic E-state index is 14.3. The molecule has 0 unspecified atom stereocenters. The highest BCUT2D eigenvalue weighted by molar-refractivity contribution is 6.09. The standard InChI is InChI=1S/C19H11F4N5O4/c20-10-3-1-2-4-11(10)28-13-12(15(30)26-17(28)32)18(16(31)25-13,19(21,22)23)27-14(29)9-5-7-24-8-6-9/h1-8H,(H,25,31)(H,27,29)(H,26,30,32)/t18-/m0/s1. The minimum Gasteiger partial charge on any atom is -0.326 e. The number of H-pyrrole nitrogens is 1. The van der Waals surface area contributed by atoms with Crippen molar-refractivity contribution < 1.29 is 27.2 Å². The first-order valence-corrected chi connectivity index (χ1v) is 8.83. The molecular weight excluding hydrogens is 438 g/mol. The maximum atomic E-state index is 14.3. The first-order chi connectivity index (χ1) is 15.1. The molecule has 4 rings (SSSR count). The van der Waals surface area contributed by atoms with Crippen molar-refractivity contribution >= 4 is 17.6 Å². The number of anilines is 1. The Kier molecular flexibility index (Phi) is 4.68. The highest BCUT2D eigenvalue weighted by atomic mass is 19.4. The molecule has 3 heterocycles. The molecule has 32 heavy (non-hydrogen) atoms. The van der Waals surface area contributed by atoms with Gasteiger partial charge >= 0.3 is 11.9 Å². The molecule has 1 aliphatic heterocycles. The lowest BCUT2D eigenvalue weighted by atomic mass is 9.91. The summed E-state index contributed by atoms with van der Waals surface area (Å²) in [6.07, 6.45) is -3.24. The molecule has 0 bridgehead atoms. The van der Waals surface area contributed by atoms with Crippen molar-refractivity contribution in [1.82, 2.24) is 19.9 Å². The molecule has 0 aliphatic carbocycles. The number of nitrogens with zero attached hydrogens (tertiary/aromatic N) is 2. The van der Waals surface area contributed by atoms with Crippen LogP contribution in [0.15, 0.2) is 58.4 Å². The van der Waals surface area contributed by atoms with Crippen molar-refractivity contribution in [3.8, 4) is 5.69 Å². The molecule has 13 heteroatoms. The number of pyridine rings is 1. The largest absolute Gasteiger partial charge is 0.425 e. The number of nitrogens with one attached hydrogen (secondary N) is 3. The second-order valence-corrected chi connectivity index (χ2v) is 6.66. The van der Waals surface area contributed by atoms with Gasteiger partial charge in [0.1, 0.15) is 17.2 Å². The zero-order valence-corrected chi connectivity index (χ0v) is 15.7. The SMILES string of the molecule is O=C(N[C@]1(C(F)(F)F)C(=O)Nc2c1c(=O)[nH]c(=O)n2-c1ccccc1F)c1ccncc1. The van der Waals surface area contributed by atoms with Crippen molar-refractivity contribution in [1.29, 1.82) is 0 Å². The number of fused-ring (bicyclic) bond motifs is 1. The predicted octanol–water partition coefficient (Wildman–Crippen LogP) is 1.20. The predicted molar refractivity (Wildman–Crippen MR) is 101 cm³/mol. The summed E-state index contributed by atoms with van der Waals surface area (Å²) in [5.41, 5.74) is -8.83. The Morgan fingerprint density at radius 3 is 2.34 bits per heavy atom. The smallest absolute Gasteiger partial charge is 0.326 e. The fourth-order valence-corrected chi connectivity index (χ4v) is 3.39. The van der Waals surface area contributed by atoms with Crippen LogP contribution in [0.25, 0.3) is 5.69 Å². The molecule has 3 aromatic rings. The topological polar surface area (TPSA) is 126 Å². The van der Waals surface area contributed by atoms with Gasteiger partial charge in [0.15, 0.2) is 0 Å². The molecule has 3 N–H and O–H groups in total. The van der Waals surface area contributed by atoms with E-state index in [2.05, 4.69) is 4.98 Å². The van der Waals surface area contributed by atoms with Gasteiger partial charge in [0.05, 0.1) is 5.69 Å². The highest BCUT2D eigenvalue weighted by Gasteiger charge is 2.68. The second-order valence-electron chi connectivity index (χ2n) is 6.66. The number of para-hydroxylation sites is 1. The van der Waals surface area contributed by atoms with Crippen LogP contribution < -0.4 is 21.9 Å². The zero-order chi connectivity index (χ0) is 23.3. The van der Waals surface area contributed by atoms with Gasteiger partial charge in [0.2, 0.25) is 0 Å². The van der Waals surface area contributed by atoms with Gasteiger partial charge in [0, 0.05) is 18.0 Å². The van der Waals surface area contributed by atoms with E-state index in [9.17, 15) is 36.7 Å². The van der Waals surface area contributed by atoms with Gasteiger partial charge in [-0.1, -0.05) is 12.1 Å². The molecule has 9 nitrogen and oxygen atoms in total. The van der Waals surface area contributed by atoms with Crippen molar-refractivity contribution in [2.45, 2.75) is 11.7 Å². The van der Waals surface area contributed by atoms with E-state index in [0.29, 0.717) is 4.57 Å². The molecule has 0 spiro atoms. The third kappa shape index (κ3) is 2.97. The van der Waals surface area contributed by atoms with Crippen LogP contribution in [-0.4, -0.2) is 32.5 Å². The number of aromatic nitrogens is 3. The lowest BCUT2D eigenvalue weighted by Crippen LogP contribution is -2.62. The van der Waals surface area contributed by atoms with Crippen LogP contribution in [0.5, 0.6) is 0 Å². The van der Waals surface area contributed by atoms with Gasteiger partial charge in [0.25, 0.3) is 22.9 Å². The molecule has 1 aromatic carbocycles. The fourth-order valence-electron chi connectivity index (χ4n) is 3.39. The molecule has 2 aromatic heterocycles. The summed E-state index contributed by atoms with van der Waals surface area (Å²) in [5, 5.41) is 3.39. The quantitative estimate of drug-likeness (QED) is 0.518. The molecule has 0 fully saturated rings. The Labute approximate surface area is 174 Å². The normalized spacial score (nSPS) is 17.6. The van der Waals surface area contributed by atoms with Crippen molar-refractivity contribution in [3.63, 3.8) is 0 Å². The fraction of sp³-hybridized carbons (Fsp3) is 0.105. The number of hydrogen-bond acceptors (Lipinski definition) is 5. The van der Waals surface area contributed by atoms with Gasteiger partial charge in [-0.2, -0.15) is 13.2 Å². The molecular formula is C19H11F4N5O4. The van der Waals surface area contributed by atoms with Gasteiger partial charge in [-0.15, -0.1) is 0 Å². The van der Waals surface area contributed by atoms with Gasteiger partial charge in [-0.05, 0) is 24.3 Å². The van der Waals surface area contributed by atoms with E-state index in [1.165, 1.54) is 12.1 Å². The average Bonchev–Trinajstić information content (AvgIpc) is 3.03. The second kappa shape index (κ2) is 7.14. The zero-order valence-electron chi connectivity index (χ0n) is 15.7. The van der Waals surface area contributed by atoms with Crippen LogP contribution in [0.4, 0.5) is 23.4 Å². The van der Waals surface area contributed by atoms with Crippen molar-refractivity contribution in [3.05, 3.63) is 86.6 Å². The number of carbonyl (C=O) groups is 2. The minimum atomic E-state index is -5.52. The van der Waals surface area contributed by atoms with Gasteiger partial charge in [-0.25, -0.2) is 13.8 Å². The number of rotatable bonds is 3. The van der Waals surface area contributed by atoms with Crippen LogP contribution in [0.1, 0.15) is 15.9 Å². The highest BCUT2D eigenvalue weighted by Crippen LogP contribution is 2.45. The molecule has 1 aliphatic rings. The lowest BCUT2D eigenvalue weighted by Gasteiger charge is -2.30.